The van der Waals surface area contributed by atoms with Crippen molar-refractivity contribution in [2.75, 3.05) is 19.6 Å². The lowest BCUT2D eigenvalue weighted by atomic mass is 10.1. The molecule has 7 nitrogen and oxygen atoms in total. The van der Waals surface area contributed by atoms with Crippen LogP contribution in [0.2, 0.25) is 0 Å². The summed E-state index contributed by atoms with van der Waals surface area (Å²) in [5.74, 6) is 0. The van der Waals surface area contributed by atoms with Gasteiger partial charge in [-0.3, -0.25) is 10.1 Å². The normalized spacial score (nSPS) is 17.0. The van der Waals surface area contributed by atoms with Crippen LogP contribution >= 0.6 is 0 Å². The number of non-ortho nitro benzene ring substituents is 1. The van der Waals surface area contributed by atoms with Crippen molar-refractivity contribution in [3.8, 4) is 0 Å². The van der Waals surface area contributed by atoms with Crippen molar-refractivity contribution < 1.29 is 13.3 Å². The third-order valence-electron chi connectivity index (χ3n) is 3.66. The van der Waals surface area contributed by atoms with Crippen LogP contribution in [0, 0.1) is 10.1 Å². The number of nitro groups is 1. The van der Waals surface area contributed by atoms with Crippen LogP contribution in [0.3, 0.4) is 0 Å². The van der Waals surface area contributed by atoms with E-state index >= 15 is 0 Å². The second-order valence-corrected chi connectivity index (χ2v) is 6.83. The van der Waals surface area contributed by atoms with Gasteiger partial charge in [-0.25, -0.2) is 8.42 Å². The number of nitrogens with one attached hydrogen (secondary N) is 1. The zero-order valence-corrected chi connectivity index (χ0v) is 12.7. The third-order valence-corrected chi connectivity index (χ3v) is 5.69. The van der Waals surface area contributed by atoms with Gasteiger partial charge < -0.3 is 5.32 Å². The number of piperidine rings is 1. The summed E-state index contributed by atoms with van der Waals surface area (Å²) in [5.41, 5.74) is -0.211. The Labute approximate surface area is 124 Å². The first kappa shape index (κ1) is 15.9. The second-order valence-electron chi connectivity index (χ2n) is 4.94. The van der Waals surface area contributed by atoms with Crippen molar-refractivity contribution in [3.05, 3.63) is 34.4 Å². The minimum absolute atomic E-state index is 0.0166. The van der Waals surface area contributed by atoms with E-state index in [4.69, 9.17) is 0 Å². The highest BCUT2D eigenvalue weighted by atomic mass is 32.2. The monoisotopic (exact) mass is 313 g/mol. The van der Waals surface area contributed by atoms with Crippen molar-refractivity contribution in [2.24, 2.45) is 0 Å². The second kappa shape index (κ2) is 6.50. The Morgan fingerprint density at radius 1 is 1.38 bits per heavy atom. The fraction of sp³-hybridized carbons (Fsp3) is 0.538. The van der Waals surface area contributed by atoms with Gasteiger partial charge in [-0.1, -0.05) is 13.0 Å². The number of rotatable bonds is 5. The van der Waals surface area contributed by atoms with Gasteiger partial charge in [0.25, 0.3) is 5.69 Å². The summed E-state index contributed by atoms with van der Waals surface area (Å²) < 4.78 is 26.9. The molecule has 1 aromatic rings. The summed E-state index contributed by atoms with van der Waals surface area (Å²) >= 11 is 0. The molecule has 1 aliphatic heterocycles. The van der Waals surface area contributed by atoms with Crippen LogP contribution in [0.25, 0.3) is 0 Å². The van der Waals surface area contributed by atoms with Gasteiger partial charge >= 0.3 is 0 Å². The zero-order valence-electron chi connectivity index (χ0n) is 11.9. The van der Waals surface area contributed by atoms with E-state index in [0.29, 0.717) is 6.54 Å². The SMILES string of the molecule is CCN(C1CCNCC1)S(=O)(=O)c1cccc([N+](=O)[O-])c1. The molecule has 21 heavy (non-hydrogen) atoms. The lowest BCUT2D eigenvalue weighted by molar-refractivity contribution is -0.385. The number of nitrogens with zero attached hydrogens (tertiary/aromatic N) is 2. The quantitative estimate of drug-likeness (QED) is 0.654. The molecule has 8 heteroatoms. The van der Waals surface area contributed by atoms with Crippen molar-refractivity contribution >= 4 is 15.7 Å². The van der Waals surface area contributed by atoms with E-state index in [1.807, 2.05) is 0 Å². The van der Waals surface area contributed by atoms with Gasteiger partial charge in [0.2, 0.25) is 10.0 Å². The van der Waals surface area contributed by atoms with Crippen molar-refractivity contribution in [1.29, 1.82) is 0 Å². The van der Waals surface area contributed by atoms with Gasteiger partial charge in [-0.2, -0.15) is 4.31 Å². The summed E-state index contributed by atoms with van der Waals surface area (Å²) in [6.07, 6.45) is 1.50. The lowest BCUT2D eigenvalue weighted by Gasteiger charge is -2.32. The maximum absolute atomic E-state index is 12.7. The average molecular weight is 313 g/mol. The summed E-state index contributed by atoms with van der Waals surface area (Å²) in [5, 5.41) is 14.0. The van der Waals surface area contributed by atoms with Crippen LogP contribution in [0.15, 0.2) is 29.2 Å². The molecule has 0 radical (unpaired) electrons. The number of sulfonamides is 1. The highest BCUT2D eigenvalue weighted by molar-refractivity contribution is 7.89. The van der Waals surface area contributed by atoms with Gasteiger partial charge in [0.1, 0.15) is 0 Å². The van der Waals surface area contributed by atoms with Crippen molar-refractivity contribution in [3.63, 3.8) is 0 Å². The van der Waals surface area contributed by atoms with E-state index in [9.17, 15) is 18.5 Å². The molecule has 1 N–H and O–H groups in total. The molecule has 0 bridgehead atoms. The van der Waals surface area contributed by atoms with Crippen LogP contribution in [0.4, 0.5) is 5.69 Å². The Hall–Kier alpha value is -1.51. The fourth-order valence-corrected chi connectivity index (χ4v) is 4.35. The molecule has 1 fully saturated rings. The predicted molar refractivity (Wildman–Crippen MR) is 78.6 cm³/mol. The van der Waals surface area contributed by atoms with Crippen molar-refractivity contribution in [1.82, 2.24) is 9.62 Å². The molecule has 0 aliphatic carbocycles. The molecule has 1 aromatic carbocycles. The maximum atomic E-state index is 12.7. The van der Waals surface area contributed by atoms with Crippen LogP contribution in [0.1, 0.15) is 19.8 Å². The fourth-order valence-electron chi connectivity index (χ4n) is 2.61. The summed E-state index contributed by atoms with van der Waals surface area (Å²) in [6.45, 7) is 3.71. The van der Waals surface area contributed by atoms with Gasteiger partial charge in [0.05, 0.1) is 9.82 Å². The molecule has 2 rings (SSSR count). The molecule has 1 aliphatic rings. The Morgan fingerprint density at radius 3 is 2.62 bits per heavy atom. The Bertz CT molecular complexity index is 612. The molecule has 0 unspecified atom stereocenters. The first-order valence-electron chi connectivity index (χ1n) is 6.94. The van der Waals surface area contributed by atoms with E-state index in [0.717, 1.165) is 32.0 Å². The predicted octanol–water partition coefficient (Wildman–Crippen LogP) is 1.36. The Kier molecular flexibility index (Phi) is 4.92. The standard InChI is InChI=1S/C13H19N3O4S/c1-2-15(11-6-8-14-9-7-11)21(19,20)13-5-3-4-12(10-13)16(17)18/h3-5,10-11,14H,2,6-9H2,1H3. The molecule has 0 spiro atoms. The van der Waals surface area contributed by atoms with Gasteiger partial charge in [0, 0.05) is 24.7 Å². The van der Waals surface area contributed by atoms with Crippen LogP contribution in [0.5, 0.6) is 0 Å². The van der Waals surface area contributed by atoms with Crippen LogP contribution in [-0.2, 0) is 10.0 Å². The molecule has 0 amide bonds. The van der Waals surface area contributed by atoms with E-state index in [1.54, 1.807) is 6.92 Å². The Morgan fingerprint density at radius 2 is 2.05 bits per heavy atom. The van der Waals surface area contributed by atoms with E-state index in [1.165, 1.54) is 22.5 Å². The number of nitro benzene ring substituents is 1. The average Bonchev–Trinajstić information content (AvgIpc) is 2.49. The first-order valence-corrected chi connectivity index (χ1v) is 8.38. The zero-order chi connectivity index (χ0) is 15.5. The van der Waals surface area contributed by atoms with Crippen molar-refractivity contribution in [2.45, 2.75) is 30.7 Å². The highest BCUT2D eigenvalue weighted by Crippen LogP contribution is 2.24. The molecule has 116 valence electrons. The lowest BCUT2D eigenvalue weighted by Crippen LogP contribution is -2.45. The summed E-state index contributed by atoms with van der Waals surface area (Å²) in [7, 11) is -3.71. The summed E-state index contributed by atoms with van der Waals surface area (Å²) in [6, 6.07) is 5.17. The molecule has 0 atom stereocenters. The third kappa shape index (κ3) is 3.39. The molecule has 0 saturated carbocycles. The van der Waals surface area contributed by atoms with Crippen LogP contribution < -0.4 is 5.32 Å². The summed E-state index contributed by atoms with van der Waals surface area (Å²) in [4.78, 5) is 10.2. The minimum Gasteiger partial charge on any atom is -0.317 e. The van der Waals surface area contributed by atoms with Gasteiger partial charge in [-0.05, 0) is 32.0 Å². The first-order chi connectivity index (χ1) is 9.96. The van der Waals surface area contributed by atoms with E-state index in [2.05, 4.69) is 5.32 Å². The number of benzene rings is 1. The number of hydrogen-bond acceptors (Lipinski definition) is 5. The van der Waals surface area contributed by atoms with E-state index < -0.39 is 14.9 Å². The van der Waals surface area contributed by atoms with Gasteiger partial charge in [0.15, 0.2) is 0 Å². The molecular weight excluding hydrogens is 294 g/mol. The van der Waals surface area contributed by atoms with E-state index in [-0.39, 0.29) is 16.6 Å². The van der Waals surface area contributed by atoms with Crippen LogP contribution in [-0.4, -0.2) is 43.3 Å². The molecule has 1 heterocycles. The highest BCUT2D eigenvalue weighted by Gasteiger charge is 2.31. The Balaban J connectivity index is 2.34. The molecule has 0 aromatic heterocycles. The minimum atomic E-state index is -3.71. The maximum Gasteiger partial charge on any atom is 0.270 e. The number of hydrogen-bond donors (Lipinski definition) is 1. The topological polar surface area (TPSA) is 92.6 Å². The largest absolute Gasteiger partial charge is 0.317 e. The molecular formula is C13H19N3O4S. The molecule has 1 saturated heterocycles. The smallest absolute Gasteiger partial charge is 0.270 e. The van der Waals surface area contributed by atoms with Gasteiger partial charge in [-0.15, -0.1) is 0 Å².